The minimum absolute atomic E-state index is 0.0156. The number of carboxylic acid groups (broad SMARTS) is 1. The molecule has 0 radical (unpaired) electrons. The number of hydrogen-bond donors (Lipinski definition) is 3. The highest BCUT2D eigenvalue weighted by molar-refractivity contribution is 5.93. The normalized spacial score (nSPS) is 16.7. The molecule has 1 fully saturated rings. The summed E-state index contributed by atoms with van der Waals surface area (Å²) in [6.45, 7) is 1.58. The summed E-state index contributed by atoms with van der Waals surface area (Å²) in [5, 5.41) is 29.2. The molecule has 0 heterocycles. The lowest BCUT2D eigenvalue weighted by Gasteiger charge is -2.24. The van der Waals surface area contributed by atoms with Gasteiger partial charge in [0.2, 0.25) is 0 Å². The van der Waals surface area contributed by atoms with Crippen LogP contribution in [0.5, 0.6) is 11.5 Å². The molecule has 2 rings (SSSR count). The molecule has 4 nitrogen and oxygen atoms in total. The lowest BCUT2D eigenvalue weighted by molar-refractivity contribution is 0.0692. The van der Waals surface area contributed by atoms with Crippen molar-refractivity contribution in [1.82, 2.24) is 0 Å². The van der Waals surface area contributed by atoms with E-state index in [-0.39, 0.29) is 23.0 Å². The predicted molar refractivity (Wildman–Crippen MR) is 67.3 cm³/mol. The van der Waals surface area contributed by atoms with E-state index >= 15 is 0 Å². The standard InChI is InChI=1S/C14H18O4/c1-8-7-10(15)12(9-5-3-2-4-6-9)13(16)11(8)14(17)18/h7,9,15-16H,2-6H2,1H3,(H,17,18). The molecule has 4 heteroatoms. The summed E-state index contributed by atoms with van der Waals surface area (Å²) >= 11 is 0. The fraction of sp³-hybridized carbons (Fsp3) is 0.500. The van der Waals surface area contributed by atoms with E-state index in [1.54, 1.807) is 6.92 Å². The summed E-state index contributed by atoms with van der Waals surface area (Å²) in [7, 11) is 0. The third kappa shape index (κ3) is 2.15. The second-order valence-electron chi connectivity index (χ2n) is 4.99. The van der Waals surface area contributed by atoms with Crippen LogP contribution >= 0.6 is 0 Å². The first-order valence-electron chi connectivity index (χ1n) is 6.31. The van der Waals surface area contributed by atoms with Gasteiger partial charge in [0.1, 0.15) is 17.1 Å². The van der Waals surface area contributed by atoms with E-state index < -0.39 is 5.97 Å². The zero-order valence-corrected chi connectivity index (χ0v) is 10.4. The van der Waals surface area contributed by atoms with Crippen molar-refractivity contribution in [1.29, 1.82) is 0 Å². The SMILES string of the molecule is Cc1cc(O)c(C2CCCCC2)c(O)c1C(=O)O. The molecule has 0 saturated heterocycles. The third-order valence-electron chi connectivity index (χ3n) is 3.74. The van der Waals surface area contributed by atoms with E-state index in [2.05, 4.69) is 0 Å². The number of carboxylic acids is 1. The van der Waals surface area contributed by atoms with Crippen LogP contribution < -0.4 is 0 Å². The second kappa shape index (κ2) is 4.88. The van der Waals surface area contributed by atoms with Gasteiger partial charge in [0.15, 0.2) is 0 Å². The number of aromatic hydroxyl groups is 2. The van der Waals surface area contributed by atoms with Gasteiger partial charge in [0, 0.05) is 5.56 Å². The van der Waals surface area contributed by atoms with Crippen molar-refractivity contribution in [3.05, 3.63) is 22.8 Å². The molecule has 1 saturated carbocycles. The molecule has 18 heavy (non-hydrogen) atoms. The van der Waals surface area contributed by atoms with E-state index in [1.165, 1.54) is 6.07 Å². The van der Waals surface area contributed by atoms with E-state index in [1.807, 2.05) is 0 Å². The Morgan fingerprint density at radius 3 is 2.39 bits per heavy atom. The third-order valence-corrected chi connectivity index (χ3v) is 3.74. The van der Waals surface area contributed by atoms with E-state index in [4.69, 9.17) is 5.11 Å². The van der Waals surface area contributed by atoms with Crippen LogP contribution in [0.25, 0.3) is 0 Å². The average molecular weight is 250 g/mol. The summed E-state index contributed by atoms with van der Waals surface area (Å²) in [5.41, 5.74) is 0.711. The molecule has 1 aromatic carbocycles. The zero-order chi connectivity index (χ0) is 13.3. The number of rotatable bonds is 2. The quantitative estimate of drug-likeness (QED) is 0.753. The van der Waals surface area contributed by atoms with Gasteiger partial charge in [-0.15, -0.1) is 0 Å². The lowest BCUT2D eigenvalue weighted by atomic mass is 9.82. The summed E-state index contributed by atoms with van der Waals surface area (Å²) in [6.07, 6.45) is 5.06. The van der Waals surface area contributed by atoms with Crippen molar-refractivity contribution in [2.75, 3.05) is 0 Å². The maximum Gasteiger partial charge on any atom is 0.339 e. The van der Waals surface area contributed by atoms with Gasteiger partial charge in [-0.2, -0.15) is 0 Å². The summed E-state index contributed by atoms with van der Waals surface area (Å²) in [5.74, 6) is -1.33. The van der Waals surface area contributed by atoms with Gasteiger partial charge >= 0.3 is 5.97 Å². The van der Waals surface area contributed by atoms with Crippen LogP contribution in [0.3, 0.4) is 0 Å². The molecule has 0 aliphatic heterocycles. The van der Waals surface area contributed by atoms with Crippen LogP contribution in [0.1, 0.15) is 59.5 Å². The van der Waals surface area contributed by atoms with Crippen LogP contribution in [0.15, 0.2) is 6.07 Å². The molecule has 0 amide bonds. The van der Waals surface area contributed by atoms with E-state index in [9.17, 15) is 15.0 Å². The Balaban J connectivity index is 2.52. The number of benzene rings is 1. The molecule has 3 N–H and O–H groups in total. The van der Waals surface area contributed by atoms with Crippen LogP contribution in [-0.2, 0) is 0 Å². The Morgan fingerprint density at radius 2 is 1.83 bits per heavy atom. The molecular formula is C14H18O4. The number of phenolic OH excluding ortho intramolecular Hbond substituents is 1. The van der Waals surface area contributed by atoms with Crippen molar-refractivity contribution in [2.45, 2.75) is 44.9 Å². The monoisotopic (exact) mass is 250 g/mol. The van der Waals surface area contributed by atoms with Crippen molar-refractivity contribution in [3.8, 4) is 11.5 Å². The van der Waals surface area contributed by atoms with Crippen molar-refractivity contribution < 1.29 is 20.1 Å². The number of aromatic carboxylic acids is 1. The Morgan fingerprint density at radius 1 is 1.22 bits per heavy atom. The molecule has 0 bridgehead atoms. The minimum atomic E-state index is -1.15. The Labute approximate surface area is 106 Å². The first-order chi connectivity index (χ1) is 8.52. The van der Waals surface area contributed by atoms with Crippen molar-refractivity contribution >= 4 is 5.97 Å². The fourth-order valence-corrected chi connectivity index (χ4v) is 2.86. The van der Waals surface area contributed by atoms with Crippen LogP contribution in [-0.4, -0.2) is 21.3 Å². The Hall–Kier alpha value is -1.71. The fourth-order valence-electron chi connectivity index (χ4n) is 2.86. The highest BCUT2D eigenvalue weighted by atomic mass is 16.4. The van der Waals surface area contributed by atoms with Crippen molar-refractivity contribution in [3.63, 3.8) is 0 Å². The second-order valence-corrected chi connectivity index (χ2v) is 4.99. The molecule has 1 aliphatic carbocycles. The van der Waals surface area contributed by atoms with Gasteiger partial charge in [-0.25, -0.2) is 4.79 Å². The number of hydrogen-bond acceptors (Lipinski definition) is 3. The molecule has 1 aromatic rings. The summed E-state index contributed by atoms with van der Waals surface area (Å²) in [4.78, 5) is 11.1. The lowest BCUT2D eigenvalue weighted by Crippen LogP contribution is -2.09. The van der Waals surface area contributed by atoms with Gasteiger partial charge in [0.25, 0.3) is 0 Å². The summed E-state index contributed by atoms with van der Waals surface area (Å²) in [6, 6.07) is 1.44. The molecule has 0 unspecified atom stereocenters. The maximum atomic E-state index is 11.1. The number of carbonyl (C=O) groups is 1. The van der Waals surface area contributed by atoms with Crippen LogP contribution in [0.2, 0.25) is 0 Å². The average Bonchev–Trinajstić information content (AvgIpc) is 2.28. The maximum absolute atomic E-state index is 11.1. The van der Waals surface area contributed by atoms with E-state index in [0.717, 1.165) is 32.1 Å². The highest BCUT2D eigenvalue weighted by Gasteiger charge is 2.26. The minimum Gasteiger partial charge on any atom is -0.508 e. The Bertz CT molecular complexity index is 473. The van der Waals surface area contributed by atoms with E-state index in [0.29, 0.717) is 11.1 Å². The van der Waals surface area contributed by atoms with Gasteiger partial charge in [-0.1, -0.05) is 19.3 Å². The van der Waals surface area contributed by atoms with Crippen molar-refractivity contribution in [2.24, 2.45) is 0 Å². The predicted octanol–water partition coefficient (Wildman–Crippen LogP) is 3.15. The van der Waals surface area contributed by atoms with Gasteiger partial charge in [0.05, 0.1) is 0 Å². The zero-order valence-electron chi connectivity index (χ0n) is 10.4. The first-order valence-corrected chi connectivity index (χ1v) is 6.31. The first kappa shape index (κ1) is 12.7. The molecule has 0 atom stereocenters. The summed E-state index contributed by atoms with van der Waals surface area (Å²) < 4.78 is 0. The number of phenols is 2. The van der Waals surface area contributed by atoms with Gasteiger partial charge < -0.3 is 15.3 Å². The van der Waals surface area contributed by atoms with Crippen LogP contribution in [0.4, 0.5) is 0 Å². The molecule has 0 spiro atoms. The Kier molecular flexibility index (Phi) is 3.45. The number of aryl methyl sites for hydroxylation is 1. The molecule has 0 aromatic heterocycles. The molecule has 98 valence electrons. The van der Waals surface area contributed by atoms with Gasteiger partial charge in [-0.3, -0.25) is 0 Å². The molecule has 1 aliphatic rings. The molecular weight excluding hydrogens is 232 g/mol. The largest absolute Gasteiger partial charge is 0.508 e. The highest BCUT2D eigenvalue weighted by Crippen LogP contribution is 2.44. The van der Waals surface area contributed by atoms with Crippen LogP contribution in [0, 0.1) is 6.92 Å². The van der Waals surface area contributed by atoms with Gasteiger partial charge in [-0.05, 0) is 37.3 Å². The topological polar surface area (TPSA) is 77.8 Å². The smallest absolute Gasteiger partial charge is 0.339 e.